The zero-order valence-electron chi connectivity index (χ0n) is 8.45. The summed E-state index contributed by atoms with van der Waals surface area (Å²) >= 11 is 6.39. The third kappa shape index (κ3) is 1.60. The molecule has 1 nitrogen and oxygen atoms in total. The Hall–Kier alpha value is -0.790. The topological polar surface area (TPSA) is 12.5 Å². The molecule has 2 heteroatoms. The van der Waals surface area contributed by atoms with Crippen LogP contribution in [0.15, 0.2) is 36.4 Å². The highest BCUT2D eigenvalue weighted by molar-refractivity contribution is 6.27. The van der Waals surface area contributed by atoms with Crippen molar-refractivity contribution in [1.82, 2.24) is 0 Å². The number of epoxide rings is 1. The highest BCUT2D eigenvalue weighted by Gasteiger charge is 2.65. The number of halogens is 1. The number of benzene rings is 1. The van der Waals surface area contributed by atoms with Crippen molar-refractivity contribution in [2.45, 2.75) is 23.3 Å². The molecule has 1 saturated heterocycles. The van der Waals surface area contributed by atoms with Gasteiger partial charge in [0.2, 0.25) is 0 Å². The summed E-state index contributed by atoms with van der Waals surface area (Å²) in [6.07, 6.45) is 6.39. The summed E-state index contributed by atoms with van der Waals surface area (Å²) in [7, 11) is 0. The number of rotatable bonds is 3. The summed E-state index contributed by atoms with van der Waals surface area (Å²) in [5.41, 5.74) is 1.04. The van der Waals surface area contributed by atoms with Crippen molar-refractivity contribution in [2.24, 2.45) is 0 Å². The Bertz CT molecular complexity index is 388. The quantitative estimate of drug-likeness (QED) is 0.563. The maximum Gasteiger partial charge on any atom is 0.129 e. The van der Waals surface area contributed by atoms with E-state index in [1.165, 1.54) is 5.56 Å². The Morgan fingerprint density at radius 1 is 1.20 bits per heavy atom. The second-order valence-electron chi connectivity index (χ2n) is 4.39. The van der Waals surface area contributed by atoms with E-state index in [-0.39, 0.29) is 10.5 Å². The van der Waals surface area contributed by atoms with Gasteiger partial charge in [-0.15, -0.1) is 11.6 Å². The predicted octanol–water partition coefficient (Wildman–Crippen LogP) is 3.24. The molecule has 0 spiro atoms. The van der Waals surface area contributed by atoms with Crippen molar-refractivity contribution < 1.29 is 4.74 Å². The van der Waals surface area contributed by atoms with Crippen LogP contribution in [0.2, 0.25) is 0 Å². The van der Waals surface area contributed by atoms with E-state index in [4.69, 9.17) is 16.3 Å². The minimum atomic E-state index is -0.162. The van der Waals surface area contributed by atoms with Gasteiger partial charge in [0, 0.05) is 0 Å². The molecule has 2 aliphatic rings. The van der Waals surface area contributed by atoms with Gasteiger partial charge in [0.15, 0.2) is 0 Å². The minimum Gasteiger partial charge on any atom is -0.363 e. The summed E-state index contributed by atoms with van der Waals surface area (Å²) in [6, 6.07) is 10.3. The zero-order chi connectivity index (χ0) is 10.4. The molecule has 0 amide bonds. The van der Waals surface area contributed by atoms with Gasteiger partial charge in [-0.05, 0) is 24.5 Å². The van der Waals surface area contributed by atoms with Crippen molar-refractivity contribution in [2.75, 3.05) is 6.61 Å². The highest BCUT2D eigenvalue weighted by atomic mass is 35.5. The highest BCUT2D eigenvalue weighted by Crippen LogP contribution is 2.59. The van der Waals surface area contributed by atoms with Crippen molar-refractivity contribution in [3.8, 4) is 0 Å². The van der Waals surface area contributed by atoms with Gasteiger partial charge in [0.1, 0.15) is 5.60 Å². The van der Waals surface area contributed by atoms with Crippen LogP contribution < -0.4 is 0 Å². The lowest BCUT2D eigenvalue weighted by atomic mass is 10.0. The van der Waals surface area contributed by atoms with Crippen LogP contribution in [0.1, 0.15) is 18.4 Å². The summed E-state index contributed by atoms with van der Waals surface area (Å²) in [4.78, 5) is -0.0989. The van der Waals surface area contributed by atoms with Gasteiger partial charge in [-0.2, -0.15) is 0 Å². The molecule has 1 aromatic rings. The van der Waals surface area contributed by atoms with Crippen LogP contribution in [0.4, 0.5) is 0 Å². The van der Waals surface area contributed by atoms with E-state index < -0.39 is 0 Å². The normalized spacial score (nSPS) is 31.8. The smallest absolute Gasteiger partial charge is 0.129 e. The second-order valence-corrected chi connectivity index (χ2v) is 5.11. The lowest BCUT2D eigenvalue weighted by Gasteiger charge is -2.11. The van der Waals surface area contributed by atoms with E-state index in [2.05, 4.69) is 24.3 Å². The molecule has 0 radical (unpaired) electrons. The molecule has 3 rings (SSSR count). The number of ether oxygens (including phenoxy) is 1. The Balaban J connectivity index is 1.78. The molecule has 1 aliphatic carbocycles. The van der Waals surface area contributed by atoms with Crippen LogP contribution in [0.3, 0.4) is 0 Å². The molecule has 2 fully saturated rings. The molecular weight excluding hydrogens is 208 g/mol. The molecule has 78 valence electrons. The van der Waals surface area contributed by atoms with Crippen molar-refractivity contribution in [3.63, 3.8) is 0 Å². The molecule has 15 heavy (non-hydrogen) atoms. The minimum absolute atomic E-state index is 0.0989. The molecule has 0 bridgehead atoms. The van der Waals surface area contributed by atoms with Gasteiger partial charge in [-0.25, -0.2) is 0 Å². The number of hydrogen-bond donors (Lipinski definition) is 0. The molecule has 1 heterocycles. The standard InChI is InChI=1S/C13H13ClO/c14-12(8-9-12)13(10-15-13)7-6-11-4-2-1-3-5-11/h1-7H,8-10H2/b7-6+. The van der Waals surface area contributed by atoms with E-state index in [0.29, 0.717) is 0 Å². The first-order valence-corrected chi connectivity index (χ1v) is 5.69. The largest absolute Gasteiger partial charge is 0.363 e. The first kappa shape index (κ1) is 9.44. The molecule has 1 unspecified atom stereocenters. The second kappa shape index (κ2) is 3.10. The predicted molar refractivity (Wildman–Crippen MR) is 62.0 cm³/mol. The summed E-state index contributed by atoms with van der Waals surface area (Å²) in [5, 5.41) is 0. The summed E-state index contributed by atoms with van der Waals surface area (Å²) in [5.74, 6) is 0. The lowest BCUT2D eigenvalue weighted by molar-refractivity contribution is 0.335. The number of alkyl halides is 1. The average molecular weight is 221 g/mol. The first-order valence-electron chi connectivity index (χ1n) is 5.31. The molecule has 0 aromatic heterocycles. The van der Waals surface area contributed by atoms with Gasteiger partial charge >= 0.3 is 0 Å². The van der Waals surface area contributed by atoms with Crippen LogP contribution in [0.5, 0.6) is 0 Å². The number of hydrogen-bond acceptors (Lipinski definition) is 1. The van der Waals surface area contributed by atoms with Gasteiger partial charge in [-0.1, -0.05) is 36.4 Å². The Morgan fingerprint density at radius 2 is 1.87 bits per heavy atom. The Labute approximate surface area is 94.7 Å². The molecule has 1 aliphatic heterocycles. The van der Waals surface area contributed by atoms with E-state index in [9.17, 15) is 0 Å². The Morgan fingerprint density at radius 3 is 2.40 bits per heavy atom. The van der Waals surface area contributed by atoms with Crippen LogP contribution >= 0.6 is 11.6 Å². The third-order valence-corrected chi connectivity index (χ3v) is 3.95. The molecule has 1 aromatic carbocycles. The van der Waals surface area contributed by atoms with Crippen LogP contribution in [-0.2, 0) is 4.74 Å². The van der Waals surface area contributed by atoms with Gasteiger partial charge < -0.3 is 4.74 Å². The third-order valence-electron chi connectivity index (χ3n) is 3.25. The SMILES string of the molecule is ClC1(C2(/C=C/c3ccccc3)CO2)CC1. The fraction of sp³-hybridized carbons (Fsp3) is 0.385. The molecule has 1 atom stereocenters. The fourth-order valence-electron chi connectivity index (χ4n) is 1.91. The Kier molecular flexibility index (Phi) is 1.95. The van der Waals surface area contributed by atoms with Crippen molar-refractivity contribution in [3.05, 3.63) is 42.0 Å². The van der Waals surface area contributed by atoms with E-state index in [0.717, 1.165) is 19.4 Å². The summed E-state index contributed by atoms with van der Waals surface area (Å²) < 4.78 is 5.53. The van der Waals surface area contributed by atoms with Crippen molar-refractivity contribution in [1.29, 1.82) is 0 Å². The fourth-order valence-corrected chi connectivity index (χ4v) is 2.18. The zero-order valence-corrected chi connectivity index (χ0v) is 9.20. The average Bonchev–Trinajstić information content (AvgIpc) is 3.14. The van der Waals surface area contributed by atoms with E-state index >= 15 is 0 Å². The monoisotopic (exact) mass is 220 g/mol. The van der Waals surface area contributed by atoms with Crippen LogP contribution in [-0.4, -0.2) is 17.1 Å². The van der Waals surface area contributed by atoms with Crippen molar-refractivity contribution >= 4 is 17.7 Å². The van der Waals surface area contributed by atoms with Crippen LogP contribution in [0, 0.1) is 0 Å². The molecule has 0 N–H and O–H groups in total. The van der Waals surface area contributed by atoms with E-state index in [1.54, 1.807) is 0 Å². The van der Waals surface area contributed by atoms with Gasteiger partial charge in [0.25, 0.3) is 0 Å². The maximum absolute atomic E-state index is 6.39. The summed E-state index contributed by atoms with van der Waals surface area (Å²) in [6.45, 7) is 0.778. The van der Waals surface area contributed by atoms with Gasteiger partial charge in [0.05, 0.1) is 11.5 Å². The van der Waals surface area contributed by atoms with E-state index in [1.807, 2.05) is 18.2 Å². The lowest BCUT2D eigenvalue weighted by Crippen LogP contribution is -2.23. The molecule has 1 saturated carbocycles. The molecular formula is C13H13ClO. The van der Waals surface area contributed by atoms with Gasteiger partial charge in [-0.3, -0.25) is 0 Å². The maximum atomic E-state index is 6.39. The first-order chi connectivity index (χ1) is 7.24. The van der Waals surface area contributed by atoms with Crippen LogP contribution in [0.25, 0.3) is 6.08 Å².